The maximum absolute atomic E-state index is 12.6. The molecule has 0 saturated heterocycles. The first-order valence-corrected chi connectivity index (χ1v) is 10.9. The smallest absolute Gasteiger partial charge is 0.251 e. The summed E-state index contributed by atoms with van der Waals surface area (Å²) in [5.74, 6) is 0.0570. The first-order chi connectivity index (χ1) is 15.1. The molecule has 1 aliphatic rings. The van der Waals surface area contributed by atoms with Crippen LogP contribution in [0.15, 0.2) is 54.7 Å². The van der Waals surface area contributed by atoms with E-state index in [9.17, 15) is 9.59 Å². The number of nitrogens with zero attached hydrogens (tertiary/aromatic N) is 3. The summed E-state index contributed by atoms with van der Waals surface area (Å²) in [4.78, 5) is 26.4. The van der Waals surface area contributed by atoms with E-state index in [-0.39, 0.29) is 11.8 Å². The van der Waals surface area contributed by atoms with Crippen molar-refractivity contribution in [3.63, 3.8) is 0 Å². The van der Waals surface area contributed by atoms with Gasteiger partial charge in [-0.15, -0.1) is 0 Å². The lowest BCUT2D eigenvalue weighted by Crippen LogP contribution is -2.28. The molecule has 1 aliphatic heterocycles. The maximum Gasteiger partial charge on any atom is 0.251 e. The molecule has 160 valence electrons. The van der Waals surface area contributed by atoms with Gasteiger partial charge in [-0.1, -0.05) is 25.1 Å². The third-order valence-corrected chi connectivity index (χ3v) is 5.77. The van der Waals surface area contributed by atoms with Gasteiger partial charge < -0.3 is 10.2 Å². The standard InChI is InChI=1S/C25H28N4O2/c1-3-24(30)28-15-13-19-16-20(11-12-23(19)28)25(31)26-14-7-8-21-17-29(27-18(21)2)22-9-5-4-6-10-22/h4-6,9-12,16-17H,3,7-8,13-15H2,1-2H3,(H,26,31). The Balaban J connectivity index is 1.30. The topological polar surface area (TPSA) is 67.2 Å². The van der Waals surface area contributed by atoms with Crippen LogP contribution >= 0.6 is 0 Å². The number of fused-ring (bicyclic) bond motifs is 1. The molecule has 0 saturated carbocycles. The van der Waals surface area contributed by atoms with Gasteiger partial charge >= 0.3 is 0 Å². The van der Waals surface area contributed by atoms with Gasteiger partial charge in [-0.25, -0.2) is 4.68 Å². The van der Waals surface area contributed by atoms with Crippen molar-refractivity contribution in [3.05, 3.63) is 77.1 Å². The van der Waals surface area contributed by atoms with E-state index in [1.807, 2.05) is 72.0 Å². The van der Waals surface area contributed by atoms with Crippen LogP contribution in [-0.2, 0) is 17.6 Å². The van der Waals surface area contributed by atoms with Crippen LogP contribution in [0.25, 0.3) is 5.69 Å². The van der Waals surface area contributed by atoms with E-state index in [4.69, 9.17) is 0 Å². The summed E-state index contributed by atoms with van der Waals surface area (Å²) in [6, 6.07) is 15.7. The van der Waals surface area contributed by atoms with Crippen LogP contribution in [0.2, 0.25) is 0 Å². The molecule has 0 unspecified atom stereocenters. The quantitative estimate of drug-likeness (QED) is 0.595. The second-order valence-electron chi connectivity index (χ2n) is 7.87. The average Bonchev–Trinajstić information content (AvgIpc) is 3.39. The Morgan fingerprint density at radius 1 is 1.13 bits per heavy atom. The van der Waals surface area contributed by atoms with Gasteiger partial charge in [-0.2, -0.15) is 5.10 Å². The fourth-order valence-corrected chi connectivity index (χ4v) is 4.03. The van der Waals surface area contributed by atoms with Crippen LogP contribution in [0.4, 0.5) is 5.69 Å². The molecule has 0 aliphatic carbocycles. The number of benzene rings is 2. The largest absolute Gasteiger partial charge is 0.352 e. The molecule has 1 aromatic heterocycles. The fourth-order valence-electron chi connectivity index (χ4n) is 4.03. The number of aromatic nitrogens is 2. The third kappa shape index (κ3) is 4.53. The molecule has 6 heteroatoms. The summed E-state index contributed by atoms with van der Waals surface area (Å²) in [5.41, 5.74) is 5.91. The van der Waals surface area contributed by atoms with Crippen LogP contribution in [0.1, 0.15) is 46.9 Å². The van der Waals surface area contributed by atoms with Gasteiger partial charge in [0.15, 0.2) is 0 Å². The van der Waals surface area contributed by atoms with Crippen LogP contribution < -0.4 is 10.2 Å². The molecule has 0 spiro atoms. The van der Waals surface area contributed by atoms with Gasteiger partial charge in [-0.05, 0) is 67.6 Å². The normalized spacial score (nSPS) is 12.6. The molecule has 3 aromatic rings. The van der Waals surface area contributed by atoms with Gasteiger partial charge in [0.05, 0.1) is 11.4 Å². The van der Waals surface area contributed by atoms with E-state index in [0.29, 0.717) is 25.1 Å². The molecular weight excluding hydrogens is 388 g/mol. The van der Waals surface area contributed by atoms with Crippen molar-refractivity contribution in [1.29, 1.82) is 0 Å². The summed E-state index contributed by atoms with van der Waals surface area (Å²) in [6.07, 6.45) is 5.06. The van der Waals surface area contributed by atoms with Gasteiger partial charge in [0.1, 0.15) is 0 Å². The number of aryl methyl sites for hydroxylation is 2. The van der Waals surface area contributed by atoms with Crippen molar-refractivity contribution in [3.8, 4) is 5.69 Å². The van der Waals surface area contributed by atoms with Gasteiger partial charge in [0.25, 0.3) is 5.91 Å². The second-order valence-corrected chi connectivity index (χ2v) is 7.87. The molecule has 6 nitrogen and oxygen atoms in total. The van der Waals surface area contributed by atoms with E-state index in [2.05, 4.69) is 16.6 Å². The Kier molecular flexibility index (Phi) is 6.16. The third-order valence-electron chi connectivity index (χ3n) is 5.77. The first-order valence-electron chi connectivity index (χ1n) is 10.9. The number of carbonyl (C=O) groups excluding carboxylic acids is 2. The van der Waals surface area contributed by atoms with Crippen molar-refractivity contribution in [2.45, 2.75) is 39.5 Å². The van der Waals surface area contributed by atoms with Gasteiger partial charge in [-0.3, -0.25) is 9.59 Å². The van der Waals surface area contributed by atoms with Crippen molar-refractivity contribution < 1.29 is 9.59 Å². The zero-order valence-electron chi connectivity index (χ0n) is 18.1. The Morgan fingerprint density at radius 3 is 2.71 bits per heavy atom. The highest BCUT2D eigenvalue weighted by atomic mass is 16.2. The van der Waals surface area contributed by atoms with Crippen molar-refractivity contribution in [2.75, 3.05) is 18.0 Å². The summed E-state index contributed by atoms with van der Waals surface area (Å²) in [7, 11) is 0. The summed E-state index contributed by atoms with van der Waals surface area (Å²) in [5, 5.41) is 7.62. The summed E-state index contributed by atoms with van der Waals surface area (Å²) in [6.45, 7) is 5.19. The van der Waals surface area contributed by atoms with E-state index in [1.54, 1.807) is 0 Å². The monoisotopic (exact) mass is 416 g/mol. The SMILES string of the molecule is CCC(=O)N1CCc2cc(C(=O)NCCCc3cn(-c4ccccc4)nc3C)ccc21. The molecule has 0 fully saturated rings. The van der Waals surface area contributed by atoms with Crippen molar-refractivity contribution >= 4 is 17.5 Å². The van der Waals surface area contributed by atoms with Crippen LogP contribution in [0.3, 0.4) is 0 Å². The van der Waals surface area contributed by atoms with Crippen LogP contribution in [-0.4, -0.2) is 34.7 Å². The highest BCUT2D eigenvalue weighted by molar-refractivity contribution is 5.98. The predicted molar refractivity (Wildman–Crippen MR) is 122 cm³/mol. The second kappa shape index (κ2) is 9.16. The number of carbonyl (C=O) groups is 2. The lowest BCUT2D eigenvalue weighted by Gasteiger charge is -2.16. The molecule has 2 amide bonds. The molecule has 0 bridgehead atoms. The highest BCUT2D eigenvalue weighted by Crippen LogP contribution is 2.29. The average molecular weight is 417 g/mol. The Morgan fingerprint density at radius 2 is 1.94 bits per heavy atom. The number of amides is 2. The predicted octanol–water partition coefficient (Wildman–Crippen LogP) is 3.84. The summed E-state index contributed by atoms with van der Waals surface area (Å²) >= 11 is 0. The van der Waals surface area contributed by atoms with E-state index >= 15 is 0 Å². The minimum atomic E-state index is -0.0697. The number of para-hydroxylation sites is 1. The molecule has 0 atom stereocenters. The molecule has 2 heterocycles. The minimum absolute atomic E-state index is 0.0697. The maximum atomic E-state index is 12.6. The van der Waals surface area contributed by atoms with Gasteiger partial charge in [0, 0.05) is 37.0 Å². The number of nitrogens with one attached hydrogen (secondary N) is 1. The number of hydrogen-bond donors (Lipinski definition) is 1. The van der Waals surface area contributed by atoms with Gasteiger partial charge in [0.2, 0.25) is 5.91 Å². The van der Waals surface area contributed by atoms with E-state index in [0.717, 1.165) is 41.9 Å². The molecule has 0 radical (unpaired) electrons. The van der Waals surface area contributed by atoms with E-state index in [1.165, 1.54) is 5.56 Å². The molecular formula is C25H28N4O2. The number of rotatable bonds is 7. The minimum Gasteiger partial charge on any atom is -0.352 e. The Hall–Kier alpha value is -3.41. The van der Waals surface area contributed by atoms with E-state index < -0.39 is 0 Å². The lowest BCUT2D eigenvalue weighted by atomic mass is 10.1. The van der Waals surface area contributed by atoms with Crippen LogP contribution in [0.5, 0.6) is 0 Å². The molecule has 4 rings (SSSR count). The zero-order valence-corrected chi connectivity index (χ0v) is 18.1. The zero-order chi connectivity index (χ0) is 21.8. The number of anilines is 1. The Labute approximate surface area is 182 Å². The van der Waals surface area contributed by atoms with Crippen molar-refractivity contribution in [1.82, 2.24) is 15.1 Å². The van der Waals surface area contributed by atoms with Crippen molar-refractivity contribution in [2.24, 2.45) is 0 Å². The molecule has 2 aromatic carbocycles. The highest BCUT2D eigenvalue weighted by Gasteiger charge is 2.24. The first kappa shape index (κ1) is 20.8. The fraction of sp³-hybridized carbons (Fsp3) is 0.320. The molecule has 31 heavy (non-hydrogen) atoms. The Bertz CT molecular complexity index is 1090. The van der Waals surface area contributed by atoms with Crippen LogP contribution in [0, 0.1) is 6.92 Å². The molecule has 1 N–H and O–H groups in total. The summed E-state index contributed by atoms with van der Waals surface area (Å²) < 4.78 is 1.90. The lowest BCUT2D eigenvalue weighted by molar-refractivity contribution is -0.118. The number of hydrogen-bond acceptors (Lipinski definition) is 3.